The highest BCUT2D eigenvalue weighted by atomic mass is 16.2. The summed E-state index contributed by atoms with van der Waals surface area (Å²) in [5.41, 5.74) is 0.862. The molecule has 1 aromatic rings. The Morgan fingerprint density at radius 1 is 1.23 bits per heavy atom. The van der Waals surface area contributed by atoms with Crippen molar-refractivity contribution in [2.75, 3.05) is 29.9 Å². The zero-order valence-corrected chi connectivity index (χ0v) is 15.5. The van der Waals surface area contributed by atoms with Crippen molar-refractivity contribution in [1.29, 1.82) is 0 Å². The zero-order chi connectivity index (χ0) is 18.9. The van der Waals surface area contributed by atoms with Crippen LogP contribution in [0.25, 0.3) is 0 Å². The minimum atomic E-state index is -0.508. The number of urea groups is 1. The van der Waals surface area contributed by atoms with Crippen LogP contribution in [0.2, 0.25) is 0 Å². The van der Waals surface area contributed by atoms with Crippen LogP contribution in [-0.4, -0.2) is 48.4 Å². The Morgan fingerprint density at radius 2 is 2.00 bits per heavy atom. The maximum Gasteiger partial charge on any atom is 0.321 e. The number of amides is 4. The summed E-state index contributed by atoms with van der Waals surface area (Å²) >= 11 is 0. The standard InChI is InChI=1S/C19H26N4O3/c1-19(2,3)17(25)23-10-5-8-15(23)16(24)21-13-6-4-7-14(12-13)22-11-9-20-18(22)26/h4,6-7,12,15H,5,8-11H2,1-3H3,(H,20,26)(H,21,24)/t15-/m1/s1. The molecule has 0 spiro atoms. The summed E-state index contributed by atoms with van der Waals surface area (Å²) < 4.78 is 0. The summed E-state index contributed by atoms with van der Waals surface area (Å²) in [6.07, 6.45) is 1.50. The molecule has 2 fully saturated rings. The molecule has 7 nitrogen and oxygen atoms in total. The van der Waals surface area contributed by atoms with Crippen molar-refractivity contribution >= 4 is 29.2 Å². The Labute approximate surface area is 153 Å². The van der Waals surface area contributed by atoms with Crippen molar-refractivity contribution < 1.29 is 14.4 Å². The van der Waals surface area contributed by atoms with E-state index >= 15 is 0 Å². The molecule has 2 N–H and O–H groups in total. The highest BCUT2D eigenvalue weighted by Gasteiger charge is 2.38. The third-order valence-electron chi connectivity index (χ3n) is 4.74. The smallest absolute Gasteiger partial charge is 0.321 e. The summed E-state index contributed by atoms with van der Waals surface area (Å²) in [6.45, 7) is 7.43. The van der Waals surface area contributed by atoms with Crippen LogP contribution in [0.15, 0.2) is 24.3 Å². The fraction of sp³-hybridized carbons (Fsp3) is 0.526. The third kappa shape index (κ3) is 3.66. The highest BCUT2D eigenvalue weighted by Crippen LogP contribution is 2.27. The first-order valence-electron chi connectivity index (χ1n) is 9.05. The number of hydrogen-bond acceptors (Lipinski definition) is 3. The normalized spacial score (nSPS) is 20.3. The minimum Gasteiger partial charge on any atom is -0.336 e. The summed E-state index contributed by atoms with van der Waals surface area (Å²) in [7, 11) is 0. The van der Waals surface area contributed by atoms with E-state index in [1.165, 1.54) is 0 Å². The van der Waals surface area contributed by atoms with Crippen molar-refractivity contribution in [2.45, 2.75) is 39.7 Å². The van der Waals surface area contributed by atoms with Crippen LogP contribution in [0.1, 0.15) is 33.6 Å². The average molecular weight is 358 g/mol. The molecule has 0 unspecified atom stereocenters. The molecule has 3 rings (SSSR count). The van der Waals surface area contributed by atoms with Gasteiger partial charge in [-0.05, 0) is 31.0 Å². The van der Waals surface area contributed by atoms with Crippen LogP contribution in [-0.2, 0) is 9.59 Å². The van der Waals surface area contributed by atoms with E-state index in [0.717, 1.165) is 12.1 Å². The van der Waals surface area contributed by atoms with Crippen molar-refractivity contribution in [1.82, 2.24) is 10.2 Å². The first kappa shape index (κ1) is 18.2. The van der Waals surface area contributed by atoms with Crippen LogP contribution < -0.4 is 15.5 Å². The van der Waals surface area contributed by atoms with Crippen LogP contribution >= 0.6 is 0 Å². The van der Waals surface area contributed by atoms with Crippen molar-refractivity contribution in [3.8, 4) is 0 Å². The minimum absolute atomic E-state index is 0.00219. The first-order chi connectivity index (χ1) is 12.3. The van der Waals surface area contributed by atoms with Gasteiger partial charge in [-0.25, -0.2) is 4.79 Å². The van der Waals surface area contributed by atoms with Gasteiger partial charge in [-0.2, -0.15) is 0 Å². The second kappa shape index (κ2) is 6.97. The molecule has 1 aromatic carbocycles. The summed E-state index contributed by atoms with van der Waals surface area (Å²) in [5.74, 6) is -0.180. The molecule has 2 aliphatic heterocycles. The number of hydrogen-bond donors (Lipinski definition) is 2. The molecule has 0 aliphatic carbocycles. The second-order valence-electron chi connectivity index (χ2n) is 7.83. The predicted octanol–water partition coefficient (Wildman–Crippen LogP) is 2.19. The van der Waals surface area contributed by atoms with Gasteiger partial charge in [0.2, 0.25) is 11.8 Å². The SMILES string of the molecule is CC(C)(C)C(=O)N1CCC[C@@H]1C(=O)Nc1cccc(N2CCNC2=O)c1. The lowest BCUT2D eigenvalue weighted by Gasteiger charge is -2.30. The van der Waals surface area contributed by atoms with Crippen LogP contribution in [0.5, 0.6) is 0 Å². The number of nitrogens with zero attached hydrogens (tertiary/aromatic N) is 2. The number of carbonyl (C=O) groups is 3. The zero-order valence-electron chi connectivity index (χ0n) is 15.5. The monoisotopic (exact) mass is 358 g/mol. The van der Waals surface area contributed by atoms with Gasteiger partial charge >= 0.3 is 6.03 Å². The largest absolute Gasteiger partial charge is 0.336 e. The van der Waals surface area contributed by atoms with Gasteiger partial charge in [0.15, 0.2) is 0 Å². The van der Waals surface area contributed by atoms with Crippen molar-refractivity contribution in [3.63, 3.8) is 0 Å². The van der Waals surface area contributed by atoms with Gasteiger partial charge in [0.1, 0.15) is 6.04 Å². The van der Waals surface area contributed by atoms with Gasteiger partial charge in [-0.15, -0.1) is 0 Å². The number of benzene rings is 1. The van der Waals surface area contributed by atoms with Gasteiger partial charge in [0, 0.05) is 36.4 Å². The van der Waals surface area contributed by atoms with Crippen molar-refractivity contribution in [2.24, 2.45) is 5.41 Å². The molecule has 7 heteroatoms. The number of anilines is 2. The van der Waals surface area contributed by atoms with Crippen molar-refractivity contribution in [3.05, 3.63) is 24.3 Å². The maximum absolute atomic E-state index is 12.8. The molecule has 0 bridgehead atoms. The lowest BCUT2D eigenvalue weighted by Crippen LogP contribution is -2.47. The highest BCUT2D eigenvalue weighted by molar-refractivity contribution is 5.99. The van der Waals surface area contributed by atoms with E-state index in [9.17, 15) is 14.4 Å². The molecule has 1 atom stereocenters. The van der Waals surface area contributed by atoms with Gasteiger partial charge < -0.3 is 15.5 Å². The summed E-state index contributed by atoms with van der Waals surface area (Å²) in [4.78, 5) is 40.5. The molecule has 2 heterocycles. The molecule has 2 saturated heterocycles. The van der Waals surface area contributed by atoms with Crippen LogP contribution in [0, 0.1) is 5.41 Å². The molecular weight excluding hydrogens is 332 g/mol. The Morgan fingerprint density at radius 3 is 2.65 bits per heavy atom. The van der Waals surface area contributed by atoms with E-state index in [0.29, 0.717) is 31.7 Å². The Balaban J connectivity index is 1.71. The predicted molar refractivity (Wildman–Crippen MR) is 100 cm³/mol. The van der Waals surface area contributed by atoms with Crippen LogP contribution in [0.3, 0.4) is 0 Å². The molecule has 4 amide bonds. The topological polar surface area (TPSA) is 81.8 Å². The number of likely N-dealkylation sites (tertiary alicyclic amines) is 1. The quantitative estimate of drug-likeness (QED) is 0.869. The number of nitrogens with one attached hydrogen (secondary N) is 2. The van der Waals surface area contributed by atoms with Crippen LogP contribution in [0.4, 0.5) is 16.2 Å². The Kier molecular flexibility index (Phi) is 4.89. The molecule has 0 radical (unpaired) electrons. The van der Waals surface area contributed by atoms with E-state index in [-0.39, 0.29) is 17.8 Å². The Bertz CT molecular complexity index is 726. The maximum atomic E-state index is 12.8. The molecule has 0 aromatic heterocycles. The second-order valence-corrected chi connectivity index (χ2v) is 7.83. The van der Waals surface area contributed by atoms with Gasteiger partial charge in [0.05, 0.1) is 0 Å². The first-order valence-corrected chi connectivity index (χ1v) is 9.05. The summed E-state index contributed by atoms with van der Waals surface area (Å²) in [5, 5.41) is 5.67. The third-order valence-corrected chi connectivity index (χ3v) is 4.74. The molecular formula is C19H26N4O3. The fourth-order valence-electron chi connectivity index (χ4n) is 3.41. The van der Waals surface area contributed by atoms with E-state index < -0.39 is 11.5 Å². The lowest BCUT2D eigenvalue weighted by molar-refractivity contribution is -0.143. The molecule has 26 heavy (non-hydrogen) atoms. The van der Waals surface area contributed by atoms with E-state index in [1.54, 1.807) is 21.9 Å². The van der Waals surface area contributed by atoms with Gasteiger partial charge in [0.25, 0.3) is 0 Å². The lowest BCUT2D eigenvalue weighted by atomic mass is 9.94. The van der Waals surface area contributed by atoms with E-state index in [2.05, 4.69) is 10.6 Å². The fourth-order valence-corrected chi connectivity index (χ4v) is 3.41. The Hall–Kier alpha value is -2.57. The number of rotatable bonds is 3. The molecule has 2 aliphatic rings. The van der Waals surface area contributed by atoms with E-state index in [4.69, 9.17) is 0 Å². The molecule has 140 valence electrons. The van der Waals surface area contributed by atoms with Gasteiger partial charge in [-0.3, -0.25) is 14.5 Å². The summed E-state index contributed by atoms with van der Waals surface area (Å²) in [6, 6.07) is 6.65. The molecule has 0 saturated carbocycles. The van der Waals surface area contributed by atoms with Gasteiger partial charge in [-0.1, -0.05) is 26.8 Å². The van der Waals surface area contributed by atoms with E-state index in [1.807, 2.05) is 32.9 Å². The average Bonchev–Trinajstić information content (AvgIpc) is 3.22. The number of carbonyl (C=O) groups excluding carboxylic acids is 3.